The highest BCUT2D eigenvalue weighted by Gasteiger charge is 2.30. The minimum Gasteiger partial charge on any atom is -0.334 e. The van der Waals surface area contributed by atoms with Gasteiger partial charge in [0, 0.05) is 19.1 Å². The number of carbonyl (C=O) groups excluding carboxylic acids is 1. The normalized spacial score (nSPS) is 19.9. The van der Waals surface area contributed by atoms with Crippen LogP contribution in [0.5, 0.6) is 0 Å². The molecule has 0 saturated carbocycles. The van der Waals surface area contributed by atoms with E-state index in [-0.39, 0.29) is 5.91 Å². The van der Waals surface area contributed by atoms with Gasteiger partial charge in [-0.05, 0) is 57.8 Å². The molecular formula is C11H14Br2N2OS. The van der Waals surface area contributed by atoms with Gasteiger partial charge in [0.05, 0.1) is 13.1 Å². The highest BCUT2D eigenvalue weighted by Crippen LogP contribution is 2.33. The lowest BCUT2D eigenvalue weighted by atomic mass is 10.2. The molecule has 1 N–H and O–H groups in total. The number of likely N-dealkylation sites (N-methyl/N-ethyl adjacent to an activating group) is 1. The zero-order valence-corrected chi connectivity index (χ0v) is 13.5. The number of hydrogen-bond acceptors (Lipinski definition) is 3. The van der Waals surface area contributed by atoms with Crippen molar-refractivity contribution < 1.29 is 4.79 Å². The molecule has 0 aliphatic carbocycles. The second-order valence-corrected chi connectivity index (χ2v) is 7.84. The van der Waals surface area contributed by atoms with E-state index in [9.17, 15) is 4.79 Å². The van der Waals surface area contributed by atoms with Gasteiger partial charge in [0.2, 0.25) is 0 Å². The number of rotatable bonds is 3. The molecule has 6 heteroatoms. The number of nitrogens with zero attached hydrogens (tertiary/aromatic N) is 1. The van der Waals surface area contributed by atoms with Gasteiger partial charge in [-0.2, -0.15) is 0 Å². The first-order chi connectivity index (χ1) is 8.13. The van der Waals surface area contributed by atoms with E-state index in [1.54, 1.807) is 11.3 Å². The Bertz CT molecular complexity index is 422. The van der Waals surface area contributed by atoms with Gasteiger partial charge in [-0.25, -0.2) is 0 Å². The first kappa shape index (κ1) is 13.5. The van der Waals surface area contributed by atoms with E-state index in [0.717, 1.165) is 39.1 Å². The third kappa shape index (κ3) is 2.92. The third-order valence-corrected chi connectivity index (χ3v) is 5.30. The van der Waals surface area contributed by atoms with Crippen LogP contribution in [0.2, 0.25) is 0 Å². The molecule has 1 aliphatic rings. The fraction of sp³-hybridized carbons (Fsp3) is 0.545. The number of thiophene rings is 1. The van der Waals surface area contributed by atoms with E-state index in [1.807, 2.05) is 18.0 Å². The van der Waals surface area contributed by atoms with Crippen LogP contribution in [0.3, 0.4) is 0 Å². The molecule has 17 heavy (non-hydrogen) atoms. The number of carbonyl (C=O) groups is 1. The van der Waals surface area contributed by atoms with Crippen molar-refractivity contribution in [2.24, 2.45) is 0 Å². The van der Waals surface area contributed by atoms with Crippen molar-refractivity contribution in [1.29, 1.82) is 0 Å². The second kappa shape index (κ2) is 5.82. The van der Waals surface area contributed by atoms with E-state index in [1.165, 1.54) is 0 Å². The standard InChI is InChI=1S/C11H14Br2N2OS/c1-14-6-7-3-2-4-15(7)11(16)8-5-9(12)17-10(8)13/h5,7,14H,2-4,6H2,1H3. The summed E-state index contributed by atoms with van der Waals surface area (Å²) in [6.45, 7) is 1.74. The third-order valence-electron chi connectivity index (χ3n) is 2.96. The largest absolute Gasteiger partial charge is 0.334 e. The summed E-state index contributed by atoms with van der Waals surface area (Å²) >= 11 is 8.40. The van der Waals surface area contributed by atoms with Crippen molar-refractivity contribution in [2.45, 2.75) is 18.9 Å². The first-order valence-corrected chi connectivity index (χ1v) is 7.94. The van der Waals surface area contributed by atoms with Gasteiger partial charge in [0.25, 0.3) is 5.91 Å². The fourth-order valence-corrected chi connectivity index (χ4v) is 4.97. The molecule has 1 fully saturated rings. The minimum atomic E-state index is 0.136. The van der Waals surface area contributed by atoms with Gasteiger partial charge in [0.1, 0.15) is 0 Å². The Labute approximate surface area is 122 Å². The Morgan fingerprint density at radius 3 is 3.00 bits per heavy atom. The predicted octanol–water partition coefficient (Wildman–Crippen LogP) is 3.10. The lowest BCUT2D eigenvalue weighted by molar-refractivity contribution is 0.0737. The van der Waals surface area contributed by atoms with Crippen LogP contribution in [0.1, 0.15) is 23.2 Å². The van der Waals surface area contributed by atoms with E-state index in [2.05, 4.69) is 37.2 Å². The highest BCUT2D eigenvalue weighted by atomic mass is 79.9. The first-order valence-electron chi connectivity index (χ1n) is 5.54. The molecule has 1 aromatic heterocycles. The lowest BCUT2D eigenvalue weighted by Gasteiger charge is -2.24. The summed E-state index contributed by atoms with van der Waals surface area (Å²) in [5, 5.41) is 3.15. The molecule has 94 valence electrons. The molecule has 0 aromatic carbocycles. The van der Waals surface area contributed by atoms with Crippen molar-refractivity contribution in [3.8, 4) is 0 Å². The van der Waals surface area contributed by atoms with Crippen LogP contribution in [-0.4, -0.2) is 37.0 Å². The topological polar surface area (TPSA) is 32.3 Å². The molecule has 1 saturated heterocycles. The molecule has 1 aliphatic heterocycles. The summed E-state index contributed by atoms with van der Waals surface area (Å²) in [4.78, 5) is 14.4. The number of amides is 1. The van der Waals surface area contributed by atoms with E-state index in [4.69, 9.17) is 0 Å². The lowest BCUT2D eigenvalue weighted by Crippen LogP contribution is -2.40. The second-order valence-electron chi connectivity index (χ2n) is 4.09. The van der Waals surface area contributed by atoms with E-state index in [0.29, 0.717) is 6.04 Å². The molecule has 2 rings (SSSR count). The van der Waals surface area contributed by atoms with Crippen LogP contribution in [-0.2, 0) is 0 Å². The summed E-state index contributed by atoms with van der Waals surface area (Å²) in [7, 11) is 1.93. The monoisotopic (exact) mass is 380 g/mol. The van der Waals surface area contributed by atoms with Crippen molar-refractivity contribution >= 4 is 49.1 Å². The molecule has 1 aromatic rings. The SMILES string of the molecule is CNCC1CCCN1C(=O)c1cc(Br)sc1Br. The van der Waals surface area contributed by atoms with Crippen LogP contribution in [0.25, 0.3) is 0 Å². The molecule has 0 spiro atoms. The number of hydrogen-bond donors (Lipinski definition) is 1. The smallest absolute Gasteiger partial charge is 0.256 e. The molecule has 2 heterocycles. The van der Waals surface area contributed by atoms with Crippen molar-refractivity contribution in [1.82, 2.24) is 10.2 Å². The van der Waals surface area contributed by atoms with Crippen molar-refractivity contribution in [3.63, 3.8) is 0 Å². The zero-order valence-electron chi connectivity index (χ0n) is 9.50. The molecule has 0 radical (unpaired) electrons. The Kier molecular flexibility index (Phi) is 4.63. The quantitative estimate of drug-likeness (QED) is 0.872. The Balaban J connectivity index is 2.16. The number of nitrogens with one attached hydrogen (secondary N) is 1. The maximum absolute atomic E-state index is 12.4. The molecule has 3 nitrogen and oxygen atoms in total. The predicted molar refractivity (Wildman–Crippen MR) is 77.7 cm³/mol. The van der Waals surface area contributed by atoms with Crippen LogP contribution in [0.4, 0.5) is 0 Å². The zero-order chi connectivity index (χ0) is 12.4. The molecule has 1 amide bonds. The van der Waals surface area contributed by atoms with Gasteiger partial charge in [-0.3, -0.25) is 4.79 Å². The van der Waals surface area contributed by atoms with Crippen LogP contribution in [0, 0.1) is 0 Å². The van der Waals surface area contributed by atoms with Gasteiger partial charge in [-0.15, -0.1) is 11.3 Å². The molecule has 1 unspecified atom stereocenters. The van der Waals surface area contributed by atoms with E-state index >= 15 is 0 Å². The summed E-state index contributed by atoms with van der Waals surface area (Å²) in [6.07, 6.45) is 2.19. The van der Waals surface area contributed by atoms with Gasteiger partial charge < -0.3 is 10.2 Å². The van der Waals surface area contributed by atoms with Gasteiger partial charge >= 0.3 is 0 Å². The van der Waals surface area contributed by atoms with Crippen molar-refractivity contribution in [3.05, 3.63) is 19.2 Å². The Morgan fingerprint density at radius 1 is 1.65 bits per heavy atom. The van der Waals surface area contributed by atoms with Crippen LogP contribution < -0.4 is 5.32 Å². The summed E-state index contributed by atoms with van der Waals surface area (Å²) < 4.78 is 1.89. The Hall–Kier alpha value is 0.0900. The molecule has 0 bridgehead atoms. The molecular weight excluding hydrogens is 368 g/mol. The van der Waals surface area contributed by atoms with Crippen LogP contribution >= 0.6 is 43.2 Å². The highest BCUT2D eigenvalue weighted by molar-refractivity contribution is 9.12. The van der Waals surface area contributed by atoms with Gasteiger partial charge in [0.15, 0.2) is 0 Å². The summed E-state index contributed by atoms with van der Waals surface area (Å²) in [5.74, 6) is 0.136. The fourth-order valence-electron chi connectivity index (χ4n) is 2.19. The Morgan fingerprint density at radius 2 is 2.41 bits per heavy atom. The van der Waals surface area contributed by atoms with Crippen molar-refractivity contribution in [2.75, 3.05) is 20.1 Å². The summed E-state index contributed by atoms with van der Waals surface area (Å²) in [5.41, 5.74) is 0.768. The van der Waals surface area contributed by atoms with Crippen LogP contribution in [0.15, 0.2) is 13.6 Å². The average molecular weight is 382 g/mol. The van der Waals surface area contributed by atoms with Gasteiger partial charge in [-0.1, -0.05) is 0 Å². The summed E-state index contributed by atoms with van der Waals surface area (Å²) in [6, 6.07) is 2.23. The number of likely N-dealkylation sites (tertiary alicyclic amines) is 1. The maximum Gasteiger partial charge on any atom is 0.256 e. The average Bonchev–Trinajstić information content (AvgIpc) is 2.85. The molecule has 1 atom stereocenters. The maximum atomic E-state index is 12.4. The number of halogens is 2. The minimum absolute atomic E-state index is 0.136. The van der Waals surface area contributed by atoms with E-state index < -0.39 is 0 Å².